The van der Waals surface area contributed by atoms with E-state index in [-0.39, 0.29) is 18.9 Å². The van der Waals surface area contributed by atoms with Crippen molar-refractivity contribution in [3.05, 3.63) is 0 Å². The fourth-order valence-corrected chi connectivity index (χ4v) is 2.90. The van der Waals surface area contributed by atoms with Crippen LogP contribution in [-0.4, -0.2) is 29.7 Å². The smallest absolute Gasteiger partial charge is 0.307 e. The first-order valence-electron chi connectivity index (χ1n) is 10.2. The van der Waals surface area contributed by atoms with Crippen molar-refractivity contribution in [3.8, 4) is 0 Å². The van der Waals surface area contributed by atoms with Gasteiger partial charge >= 0.3 is 11.9 Å². The maximum absolute atomic E-state index is 11.6. The minimum Gasteiger partial charge on any atom is -0.481 e. The number of carbonyl (C=O) groups is 2. The Kier molecular flexibility index (Phi) is 16.9. The van der Waals surface area contributed by atoms with Crippen molar-refractivity contribution >= 4 is 11.9 Å². The normalized spacial score (nSPS) is 12.1. The summed E-state index contributed by atoms with van der Waals surface area (Å²) in [5.41, 5.74) is 5.40. The average Bonchev–Trinajstić information content (AvgIpc) is 2.58. The van der Waals surface area contributed by atoms with Crippen LogP contribution in [0.15, 0.2) is 0 Å². The number of esters is 1. The molecule has 0 aliphatic rings. The maximum atomic E-state index is 11.6. The Hall–Kier alpha value is -1.10. The number of hydrogen-bond acceptors (Lipinski definition) is 4. The fourth-order valence-electron chi connectivity index (χ4n) is 2.90. The van der Waals surface area contributed by atoms with E-state index >= 15 is 0 Å². The molecule has 0 aromatic carbocycles. The Labute approximate surface area is 153 Å². The Balaban J connectivity index is 3.34. The van der Waals surface area contributed by atoms with Crippen LogP contribution in [0.25, 0.3) is 0 Å². The summed E-state index contributed by atoms with van der Waals surface area (Å²) in [6.07, 6.45) is 15.8. The van der Waals surface area contributed by atoms with Gasteiger partial charge in [0.2, 0.25) is 0 Å². The van der Waals surface area contributed by atoms with Gasteiger partial charge in [-0.2, -0.15) is 0 Å². The topological polar surface area (TPSA) is 89.6 Å². The molecule has 0 fully saturated rings. The number of carbonyl (C=O) groups excluding carboxylic acids is 1. The minimum absolute atomic E-state index is 0.0522. The van der Waals surface area contributed by atoms with E-state index in [9.17, 15) is 9.59 Å². The molecule has 1 atom stereocenters. The van der Waals surface area contributed by atoms with Crippen LogP contribution in [-0.2, 0) is 14.3 Å². The number of carboxylic acids is 1. The molecule has 0 saturated heterocycles. The van der Waals surface area contributed by atoms with Gasteiger partial charge in [-0.15, -0.1) is 0 Å². The third kappa shape index (κ3) is 17.5. The van der Waals surface area contributed by atoms with E-state index < -0.39 is 12.1 Å². The van der Waals surface area contributed by atoms with Crippen molar-refractivity contribution in [2.75, 3.05) is 6.54 Å². The number of aliphatic carboxylic acids is 1. The SMILES string of the molecule is CCCCCCCCCCCCCCCC(=O)O[C@@H](CN)CC(=O)O. The average molecular weight is 358 g/mol. The fraction of sp³-hybridized carbons (Fsp3) is 0.900. The van der Waals surface area contributed by atoms with Crippen molar-refractivity contribution < 1.29 is 19.4 Å². The van der Waals surface area contributed by atoms with Crippen molar-refractivity contribution in [1.82, 2.24) is 0 Å². The third-order valence-corrected chi connectivity index (χ3v) is 4.45. The molecule has 0 saturated carbocycles. The minimum atomic E-state index is -0.996. The second kappa shape index (κ2) is 17.7. The quantitative estimate of drug-likeness (QED) is 0.271. The summed E-state index contributed by atoms with van der Waals surface area (Å²) in [6.45, 7) is 2.30. The molecule has 0 amide bonds. The summed E-state index contributed by atoms with van der Waals surface area (Å²) in [5.74, 6) is -1.33. The zero-order valence-corrected chi connectivity index (χ0v) is 16.1. The summed E-state index contributed by atoms with van der Waals surface area (Å²) >= 11 is 0. The van der Waals surface area contributed by atoms with E-state index in [0.717, 1.165) is 19.3 Å². The molecule has 0 rings (SSSR count). The van der Waals surface area contributed by atoms with E-state index in [1.54, 1.807) is 0 Å². The molecule has 5 heteroatoms. The second-order valence-electron chi connectivity index (χ2n) is 6.94. The van der Waals surface area contributed by atoms with Gasteiger partial charge in [0, 0.05) is 13.0 Å². The first-order chi connectivity index (χ1) is 12.1. The van der Waals surface area contributed by atoms with Gasteiger partial charge in [0.1, 0.15) is 6.10 Å². The standard InChI is InChI=1S/C20H39NO4/c1-2-3-4-5-6-7-8-9-10-11-12-13-14-15-20(24)25-18(17-21)16-19(22)23/h18H,2-17,21H2,1H3,(H,22,23)/t18-/m1/s1. The predicted octanol–water partition coefficient (Wildman–Crippen LogP) is 4.81. The lowest BCUT2D eigenvalue weighted by Crippen LogP contribution is -2.29. The number of carboxylic acid groups (broad SMARTS) is 1. The highest BCUT2D eigenvalue weighted by Crippen LogP contribution is 2.13. The van der Waals surface area contributed by atoms with E-state index in [0.29, 0.717) is 6.42 Å². The third-order valence-electron chi connectivity index (χ3n) is 4.45. The summed E-state index contributed by atoms with van der Waals surface area (Å²) in [6, 6.07) is 0. The van der Waals surface area contributed by atoms with Gasteiger partial charge in [-0.3, -0.25) is 9.59 Å². The zero-order chi connectivity index (χ0) is 18.8. The first-order valence-corrected chi connectivity index (χ1v) is 10.2. The van der Waals surface area contributed by atoms with E-state index in [1.165, 1.54) is 64.2 Å². The molecular formula is C20H39NO4. The van der Waals surface area contributed by atoms with Gasteiger partial charge in [0.15, 0.2) is 0 Å². The molecule has 0 radical (unpaired) electrons. The lowest BCUT2D eigenvalue weighted by molar-refractivity contribution is -0.152. The van der Waals surface area contributed by atoms with Gasteiger partial charge < -0.3 is 15.6 Å². The molecular weight excluding hydrogens is 318 g/mol. The molecule has 0 aliphatic carbocycles. The predicted molar refractivity (Wildman–Crippen MR) is 101 cm³/mol. The second-order valence-corrected chi connectivity index (χ2v) is 6.94. The molecule has 148 valence electrons. The van der Waals surface area contributed by atoms with Crippen LogP contribution in [0.3, 0.4) is 0 Å². The Morgan fingerprint density at radius 2 is 1.28 bits per heavy atom. The van der Waals surface area contributed by atoms with Crippen molar-refractivity contribution in [2.45, 2.75) is 109 Å². The highest BCUT2D eigenvalue weighted by Gasteiger charge is 2.15. The molecule has 0 bridgehead atoms. The van der Waals surface area contributed by atoms with Crippen molar-refractivity contribution in [3.63, 3.8) is 0 Å². The van der Waals surface area contributed by atoms with Crippen LogP contribution >= 0.6 is 0 Å². The van der Waals surface area contributed by atoms with Crippen LogP contribution in [0.2, 0.25) is 0 Å². The van der Waals surface area contributed by atoms with Crippen LogP contribution in [0.4, 0.5) is 0 Å². The number of nitrogens with two attached hydrogens (primary N) is 1. The molecule has 0 aromatic heterocycles. The summed E-state index contributed by atoms with van der Waals surface area (Å²) in [7, 11) is 0. The van der Waals surface area contributed by atoms with Gasteiger partial charge in [-0.25, -0.2) is 0 Å². The Bertz CT molecular complexity index is 334. The van der Waals surface area contributed by atoms with Gasteiger partial charge in [0.05, 0.1) is 6.42 Å². The zero-order valence-electron chi connectivity index (χ0n) is 16.1. The number of ether oxygens (including phenoxy) is 1. The van der Waals surface area contributed by atoms with Crippen LogP contribution in [0, 0.1) is 0 Å². The van der Waals surface area contributed by atoms with Crippen molar-refractivity contribution in [2.24, 2.45) is 5.73 Å². The van der Waals surface area contributed by atoms with Crippen LogP contribution in [0.1, 0.15) is 103 Å². The van der Waals surface area contributed by atoms with E-state index in [4.69, 9.17) is 15.6 Å². The highest BCUT2D eigenvalue weighted by molar-refractivity contribution is 5.71. The molecule has 0 aliphatic heterocycles. The Morgan fingerprint density at radius 1 is 0.840 bits per heavy atom. The molecule has 0 heterocycles. The first kappa shape index (κ1) is 23.9. The summed E-state index contributed by atoms with van der Waals surface area (Å²) < 4.78 is 5.07. The largest absolute Gasteiger partial charge is 0.481 e. The highest BCUT2D eigenvalue weighted by atomic mass is 16.5. The van der Waals surface area contributed by atoms with Gasteiger partial charge in [0.25, 0.3) is 0 Å². The molecule has 5 nitrogen and oxygen atoms in total. The van der Waals surface area contributed by atoms with E-state index in [2.05, 4.69) is 6.92 Å². The lowest BCUT2D eigenvalue weighted by Gasteiger charge is -2.13. The van der Waals surface area contributed by atoms with Gasteiger partial charge in [-0.05, 0) is 6.42 Å². The molecule has 0 unspecified atom stereocenters. The molecule has 3 N–H and O–H groups in total. The molecule has 0 aromatic rings. The monoisotopic (exact) mass is 357 g/mol. The number of unbranched alkanes of at least 4 members (excludes halogenated alkanes) is 12. The van der Waals surface area contributed by atoms with Crippen LogP contribution in [0.5, 0.6) is 0 Å². The summed E-state index contributed by atoms with van der Waals surface area (Å²) in [5, 5.41) is 8.68. The summed E-state index contributed by atoms with van der Waals surface area (Å²) in [4.78, 5) is 22.2. The lowest BCUT2D eigenvalue weighted by atomic mass is 10.0. The van der Waals surface area contributed by atoms with E-state index in [1.807, 2.05) is 0 Å². The van der Waals surface area contributed by atoms with Gasteiger partial charge in [-0.1, -0.05) is 84.0 Å². The maximum Gasteiger partial charge on any atom is 0.307 e. The Morgan fingerprint density at radius 3 is 1.68 bits per heavy atom. The molecule has 0 spiro atoms. The number of hydrogen-bond donors (Lipinski definition) is 2. The molecule has 25 heavy (non-hydrogen) atoms. The number of rotatable bonds is 18. The van der Waals surface area contributed by atoms with Crippen LogP contribution < -0.4 is 5.73 Å². The van der Waals surface area contributed by atoms with Crippen molar-refractivity contribution in [1.29, 1.82) is 0 Å².